The number of aromatic nitrogens is 1. The summed E-state index contributed by atoms with van der Waals surface area (Å²) in [6, 6.07) is 3.04. The molecule has 15 heavy (non-hydrogen) atoms. The second kappa shape index (κ2) is 4.27. The largest absolute Gasteiger partial charge is 0.477 e. The Kier molecular flexibility index (Phi) is 2.82. The van der Waals surface area contributed by atoms with Crippen molar-refractivity contribution in [3.05, 3.63) is 23.9 Å². The molecule has 0 amide bonds. The van der Waals surface area contributed by atoms with Gasteiger partial charge in [-0.15, -0.1) is 0 Å². The molecule has 5 heteroatoms. The molecule has 1 fully saturated rings. The van der Waals surface area contributed by atoms with Crippen LogP contribution in [0.3, 0.4) is 0 Å². The maximum Gasteiger partial charge on any atom is 0.341 e. The number of ether oxygens (including phenoxy) is 2. The van der Waals surface area contributed by atoms with Gasteiger partial charge in [0.05, 0.1) is 13.2 Å². The van der Waals surface area contributed by atoms with Crippen LogP contribution in [0.4, 0.5) is 0 Å². The van der Waals surface area contributed by atoms with Gasteiger partial charge in [-0.05, 0) is 12.1 Å². The first kappa shape index (κ1) is 9.92. The van der Waals surface area contributed by atoms with E-state index in [1.807, 2.05) is 0 Å². The quantitative estimate of drug-likeness (QED) is 0.802. The number of carbonyl (C=O) groups is 1. The number of rotatable bonds is 3. The molecule has 2 heterocycles. The molecule has 0 saturated carbocycles. The van der Waals surface area contributed by atoms with E-state index in [4.69, 9.17) is 14.6 Å². The first-order chi connectivity index (χ1) is 7.27. The molecule has 0 spiro atoms. The average Bonchev–Trinajstić information content (AvgIpc) is 2.71. The molecule has 1 saturated heterocycles. The van der Waals surface area contributed by atoms with Gasteiger partial charge in [0.15, 0.2) is 0 Å². The predicted octanol–water partition coefficient (Wildman–Crippen LogP) is 0.948. The molecule has 1 aliphatic rings. The molecule has 1 aromatic rings. The van der Waals surface area contributed by atoms with E-state index in [-0.39, 0.29) is 17.5 Å². The van der Waals surface area contributed by atoms with E-state index in [2.05, 4.69) is 4.98 Å². The van der Waals surface area contributed by atoms with Gasteiger partial charge in [0.25, 0.3) is 0 Å². The Labute approximate surface area is 86.7 Å². The van der Waals surface area contributed by atoms with Crippen LogP contribution in [0.2, 0.25) is 0 Å². The van der Waals surface area contributed by atoms with Gasteiger partial charge < -0.3 is 14.6 Å². The summed E-state index contributed by atoms with van der Waals surface area (Å²) in [5.41, 5.74) is 0.0874. The molecule has 0 unspecified atom stereocenters. The van der Waals surface area contributed by atoms with E-state index >= 15 is 0 Å². The second-order valence-electron chi connectivity index (χ2n) is 3.26. The summed E-state index contributed by atoms with van der Waals surface area (Å²) in [7, 11) is 0. The zero-order valence-electron chi connectivity index (χ0n) is 8.05. The van der Waals surface area contributed by atoms with Gasteiger partial charge in [-0.1, -0.05) is 0 Å². The number of hydrogen-bond acceptors (Lipinski definition) is 4. The summed E-state index contributed by atoms with van der Waals surface area (Å²) < 4.78 is 10.6. The van der Waals surface area contributed by atoms with E-state index in [1.165, 1.54) is 12.3 Å². The number of nitrogens with zero attached hydrogens (tertiary/aromatic N) is 1. The lowest BCUT2D eigenvalue weighted by atomic mass is 10.2. The summed E-state index contributed by atoms with van der Waals surface area (Å²) >= 11 is 0. The lowest BCUT2D eigenvalue weighted by Gasteiger charge is -2.11. The van der Waals surface area contributed by atoms with Gasteiger partial charge >= 0.3 is 5.97 Å². The molecule has 80 valence electrons. The Hall–Kier alpha value is -1.62. The maximum atomic E-state index is 10.8. The van der Waals surface area contributed by atoms with Crippen LogP contribution in [-0.4, -0.2) is 35.4 Å². The zero-order chi connectivity index (χ0) is 10.7. The molecular weight excluding hydrogens is 198 g/mol. The average molecular weight is 209 g/mol. The van der Waals surface area contributed by atoms with E-state index in [9.17, 15) is 4.79 Å². The van der Waals surface area contributed by atoms with Crippen molar-refractivity contribution in [2.75, 3.05) is 13.2 Å². The van der Waals surface area contributed by atoms with E-state index in [0.717, 1.165) is 6.42 Å². The Morgan fingerprint density at radius 3 is 3.20 bits per heavy atom. The highest BCUT2D eigenvalue weighted by Gasteiger charge is 2.20. The number of carboxylic acids is 1. The summed E-state index contributed by atoms with van der Waals surface area (Å²) in [6.07, 6.45) is 2.20. The maximum absolute atomic E-state index is 10.8. The molecule has 1 atom stereocenters. The molecule has 2 rings (SSSR count). The third-order valence-electron chi connectivity index (χ3n) is 2.17. The van der Waals surface area contributed by atoms with Crippen LogP contribution in [-0.2, 0) is 4.74 Å². The number of carboxylic acid groups (broad SMARTS) is 1. The smallest absolute Gasteiger partial charge is 0.341 e. The van der Waals surface area contributed by atoms with Gasteiger partial charge in [0.1, 0.15) is 11.7 Å². The van der Waals surface area contributed by atoms with Gasteiger partial charge in [-0.25, -0.2) is 9.78 Å². The van der Waals surface area contributed by atoms with Gasteiger partial charge in [-0.2, -0.15) is 0 Å². The second-order valence-corrected chi connectivity index (χ2v) is 3.26. The zero-order valence-corrected chi connectivity index (χ0v) is 8.05. The van der Waals surface area contributed by atoms with Gasteiger partial charge in [0.2, 0.25) is 5.88 Å². The van der Waals surface area contributed by atoms with Crippen molar-refractivity contribution >= 4 is 5.97 Å². The topological polar surface area (TPSA) is 68.7 Å². The minimum absolute atomic E-state index is 0.0852. The monoisotopic (exact) mass is 209 g/mol. The molecule has 1 N–H and O–H groups in total. The molecule has 0 aromatic carbocycles. The fourth-order valence-electron chi connectivity index (χ4n) is 1.41. The van der Waals surface area contributed by atoms with E-state index in [1.54, 1.807) is 6.07 Å². The van der Waals surface area contributed by atoms with Crippen molar-refractivity contribution in [1.29, 1.82) is 0 Å². The normalized spacial score (nSPS) is 20.1. The fourth-order valence-corrected chi connectivity index (χ4v) is 1.41. The summed E-state index contributed by atoms with van der Waals surface area (Å²) in [5.74, 6) is -0.863. The van der Waals surface area contributed by atoms with Crippen molar-refractivity contribution < 1.29 is 19.4 Å². The Balaban J connectivity index is 2.15. The van der Waals surface area contributed by atoms with Crippen molar-refractivity contribution in [3.63, 3.8) is 0 Å². The van der Waals surface area contributed by atoms with Crippen LogP contribution in [0.1, 0.15) is 16.8 Å². The van der Waals surface area contributed by atoms with Crippen LogP contribution in [0.5, 0.6) is 5.88 Å². The minimum atomic E-state index is -1.03. The molecule has 0 bridgehead atoms. The number of pyridine rings is 1. The van der Waals surface area contributed by atoms with Crippen molar-refractivity contribution in [2.24, 2.45) is 0 Å². The Bertz CT molecular complexity index is 360. The molecule has 0 radical (unpaired) electrons. The summed E-state index contributed by atoms with van der Waals surface area (Å²) in [4.78, 5) is 14.7. The van der Waals surface area contributed by atoms with Crippen molar-refractivity contribution in [2.45, 2.75) is 12.5 Å². The van der Waals surface area contributed by atoms with Crippen LogP contribution < -0.4 is 4.74 Å². The van der Waals surface area contributed by atoms with E-state index in [0.29, 0.717) is 13.2 Å². The lowest BCUT2D eigenvalue weighted by molar-refractivity contribution is 0.0685. The molecule has 1 aliphatic heterocycles. The minimum Gasteiger partial charge on any atom is -0.477 e. The fraction of sp³-hybridized carbons (Fsp3) is 0.400. The summed E-state index contributed by atoms with van der Waals surface area (Å²) in [5, 5.41) is 8.89. The number of aromatic carboxylic acids is 1. The third kappa shape index (κ3) is 2.24. The van der Waals surface area contributed by atoms with Crippen LogP contribution in [0, 0.1) is 0 Å². The molecule has 0 aliphatic carbocycles. The first-order valence-corrected chi connectivity index (χ1v) is 4.70. The number of hydrogen-bond donors (Lipinski definition) is 1. The SMILES string of the molecule is O=C(O)c1cccnc1O[C@H]1CCOC1. The predicted molar refractivity (Wildman–Crippen MR) is 51.0 cm³/mol. The highest BCUT2D eigenvalue weighted by atomic mass is 16.5. The highest BCUT2D eigenvalue weighted by Crippen LogP contribution is 2.18. The molecule has 1 aromatic heterocycles. The molecule has 5 nitrogen and oxygen atoms in total. The van der Waals surface area contributed by atoms with Crippen LogP contribution >= 0.6 is 0 Å². The molecular formula is C10H11NO4. The van der Waals surface area contributed by atoms with Crippen LogP contribution in [0.15, 0.2) is 18.3 Å². The first-order valence-electron chi connectivity index (χ1n) is 4.70. The van der Waals surface area contributed by atoms with Crippen molar-refractivity contribution in [3.8, 4) is 5.88 Å². The summed E-state index contributed by atoms with van der Waals surface area (Å²) in [6.45, 7) is 1.15. The highest BCUT2D eigenvalue weighted by molar-refractivity contribution is 5.90. The van der Waals surface area contributed by atoms with Crippen LogP contribution in [0.25, 0.3) is 0 Å². The van der Waals surface area contributed by atoms with E-state index < -0.39 is 5.97 Å². The van der Waals surface area contributed by atoms with Gasteiger partial charge in [-0.3, -0.25) is 0 Å². The Morgan fingerprint density at radius 1 is 1.67 bits per heavy atom. The van der Waals surface area contributed by atoms with Gasteiger partial charge in [0, 0.05) is 12.6 Å². The Morgan fingerprint density at radius 2 is 2.53 bits per heavy atom. The standard InChI is InChI=1S/C10H11NO4/c12-10(13)8-2-1-4-11-9(8)15-7-3-5-14-6-7/h1-2,4,7H,3,5-6H2,(H,12,13)/t7-/m0/s1. The van der Waals surface area contributed by atoms with Crippen molar-refractivity contribution in [1.82, 2.24) is 4.98 Å². The third-order valence-corrected chi connectivity index (χ3v) is 2.17. The lowest BCUT2D eigenvalue weighted by Crippen LogP contribution is -2.18.